The molecule has 0 radical (unpaired) electrons. The van der Waals surface area contributed by atoms with Crippen molar-refractivity contribution in [3.63, 3.8) is 0 Å². The Kier molecular flexibility index (Phi) is 5.10. The summed E-state index contributed by atoms with van der Waals surface area (Å²) in [5, 5.41) is 4.92. The normalized spacial score (nSPS) is 12.1. The van der Waals surface area contributed by atoms with Gasteiger partial charge in [-0.15, -0.1) is 0 Å². The molecular weight excluding hydrogens is 422 g/mol. The second-order valence-electron chi connectivity index (χ2n) is 9.22. The molecule has 35 heavy (non-hydrogen) atoms. The van der Waals surface area contributed by atoms with Gasteiger partial charge in [0.1, 0.15) is 0 Å². The predicted octanol–water partition coefficient (Wildman–Crippen LogP) is 9.51. The third-order valence-corrected chi connectivity index (χ3v) is 6.78. The molecule has 1 heteroatoms. The zero-order valence-electron chi connectivity index (χ0n) is 21.0. The van der Waals surface area contributed by atoms with E-state index < -0.39 is 5.89 Å². The fourth-order valence-electron chi connectivity index (χ4n) is 5.06. The van der Waals surface area contributed by atoms with Crippen LogP contribution in [0.3, 0.4) is 0 Å². The van der Waals surface area contributed by atoms with E-state index in [2.05, 4.69) is 109 Å². The molecule has 0 aliphatic heterocycles. The Hall–Kier alpha value is -4.23. The molecule has 1 aromatic heterocycles. The average molecular weight is 451 g/mol. The molecule has 0 unspecified atom stereocenters. The molecule has 0 fully saturated rings. The van der Waals surface area contributed by atoms with Crippen molar-refractivity contribution in [2.45, 2.75) is 19.7 Å². The van der Waals surface area contributed by atoms with Crippen LogP contribution in [-0.2, 0) is 0 Å². The number of hydrogen-bond donors (Lipinski definition) is 0. The molecule has 6 aromatic rings. The van der Waals surface area contributed by atoms with E-state index in [-0.39, 0.29) is 0 Å². The first-order chi connectivity index (χ1) is 17.5. The number of nitrogens with zero attached hydrogens (tertiary/aromatic N) is 1. The van der Waals surface area contributed by atoms with Gasteiger partial charge < -0.3 is 0 Å². The summed E-state index contributed by atoms with van der Waals surface area (Å²) in [7, 11) is 0. The first-order valence-electron chi connectivity index (χ1n) is 12.6. The molecule has 5 aromatic carbocycles. The van der Waals surface area contributed by atoms with Crippen molar-refractivity contribution in [1.82, 2.24) is 4.98 Å². The van der Waals surface area contributed by atoms with Gasteiger partial charge in [-0.05, 0) is 73.5 Å². The Morgan fingerprint density at radius 3 is 1.77 bits per heavy atom. The van der Waals surface area contributed by atoms with Crippen LogP contribution in [0.15, 0.2) is 121 Å². The molecule has 168 valence electrons. The molecule has 0 saturated carbocycles. The Morgan fingerprint density at radius 2 is 1.11 bits per heavy atom. The highest BCUT2D eigenvalue weighted by atomic mass is 14.7. The van der Waals surface area contributed by atoms with Gasteiger partial charge in [0.15, 0.2) is 0 Å². The lowest BCUT2D eigenvalue weighted by molar-refractivity contribution is 0.864. The van der Waals surface area contributed by atoms with E-state index in [1.807, 2.05) is 26.1 Å². The first kappa shape index (κ1) is 20.2. The molecule has 1 heterocycles. The Balaban J connectivity index is 1.74. The molecule has 0 aliphatic carbocycles. The second kappa shape index (κ2) is 8.85. The minimum Gasteiger partial charge on any atom is -0.256 e. The van der Waals surface area contributed by atoms with Crippen LogP contribution >= 0.6 is 0 Å². The van der Waals surface area contributed by atoms with Gasteiger partial charge in [0.25, 0.3) is 0 Å². The molecule has 0 spiro atoms. The van der Waals surface area contributed by atoms with Crippen molar-refractivity contribution in [3.05, 3.63) is 127 Å². The zero-order valence-corrected chi connectivity index (χ0v) is 20.0. The van der Waals surface area contributed by atoms with Crippen LogP contribution < -0.4 is 0 Å². The molecule has 0 saturated heterocycles. The third-order valence-electron chi connectivity index (χ3n) is 6.78. The van der Waals surface area contributed by atoms with Crippen LogP contribution in [0.1, 0.15) is 26.7 Å². The summed E-state index contributed by atoms with van der Waals surface area (Å²) >= 11 is 0. The molecule has 0 atom stereocenters. The standard InChI is InChI=1S/C34H27N/c1-23(2)26-19-20-35-32(22-26)27-17-18-29-28-15-9-10-16-30(28)33(24-11-5-3-6-12-24)34(31(29)21-27)25-13-7-4-8-14-25/h3-23H,1-2H3/i23D. The number of benzene rings is 5. The maximum Gasteiger partial charge on any atom is 0.0705 e. The average Bonchev–Trinajstić information content (AvgIpc) is 2.92. The topological polar surface area (TPSA) is 12.9 Å². The maximum absolute atomic E-state index is 8.50. The zero-order chi connectivity index (χ0) is 24.7. The minimum atomic E-state index is -0.680. The summed E-state index contributed by atoms with van der Waals surface area (Å²) in [5.41, 5.74) is 7.78. The monoisotopic (exact) mass is 450 g/mol. The number of pyridine rings is 1. The highest BCUT2D eigenvalue weighted by Crippen LogP contribution is 2.45. The number of aromatic nitrogens is 1. The molecule has 0 N–H and O–H groups in total. The molecule has 0 bridgehead atoms. The molecular formula is C34H27N. The summed E-state index contributed by atoms with van der Waals surface area (Å²) in [4.78, 5) is 4.69. The van der Waals surface area contributed by atoms with Crippen molar-refractivity contribution in [2.75, 3.05) is 0 Å². The molecule has 1 nitrogen and oxygen atoms in total. The van der Waals surface area contributed by atoms with E-state index in [0.29, 0.717) is 0 Å². The lowest BCUT2D eigenvalue weighted by Gasteiger charge is -2.19. The second-order valence-corrected chi connectivity index (χ2v) is 9.22. The van der Waals surface area contributed by atoms with Gasteiger partial charge in [-0.25, -0.2) is 0 Å². The van der Waals surface area contributed by atoms with Gasteiger partial charge in [0.05, 0.1) is 5.69 Å². The highest BCUT2D eigenvalue weighted by molar-refractivity contribution is 6.22. The van der Waals surface area contributed by atoms with Crippen molar-refractivity contribution >= 4 is 21.5 Å². The van der Waals surface area contributed by atoms with E-state index in [4.69, 9.17) is 6.35 Å². The third kappa shape index (κ3) is 3.80. The highest BCUT2D eigenvalue weighted by Gasteiger charge is 2.18. The number of hydrogen-bond acceptors (Lipinski definition) is 1. The smallest absolute Gasteiger partial charge is 0.0705 e. The summed E-state index contributed by atoms with van der Waals surface area (Å²) < 4.78 is 8.50. The van der Waals surface area contributed by atoms with Crippen LogP contribution in [0.4, 0.5) is 0 Å². The summed E-state index contributed by atoms with van der Waals surface area (Å²) in [6, 6.07) is 40.7. The summed E-state index contributed by atoms with van der Waals surface area (Å²) in [6.07, 6.45) is 1.82. The number of fused-ring (bicyclic) bond motifs is 3. The Morgan fingerprint density at radius 1 is 0.543 bits per heavy atom. The van der Waals surface area contributed by atoms with Crippen molar-refractivity contribution < 1.29 is 1.37 Å². The van der Waals surface area contributed by atoms with E-state index in [1.165, 1.54) is 43.8 Å². The van der Waals surface area contributed by atoms with Crippen LogP contribution in [0.2, 0.25) is 0 Å². The summed E-state index contributed by atoms with van der Waals surface area (Å²) in [5.74, 6) is -0.680. The fourth-order valence-corrected chi connectivity index (χ4v) is 5.06. The van der Waals surface area contributed by atoms with Crippen LogP contribution in [0.25, 0.3) is 55.1 Å². The van der Waals surface area contributed by atoms with Gasteiger partial charge in [0, 0.05) is 13.1 Å². The fraction of sp³-hybridized carbons (Fsp3) is 0.0882. The van der Waals surface area contributed by atoms with Gasteiger partial charge in [-0.3, -0.25) is 4.98 Å². The predicted molar refractivity (Wildman–Crippen MR) is 150 cm³/mol. The lowest BCUT2D eigenvalue weighted by Crippen LogP contribution is -1.93. The Bertz CT molecular complexity index is 1700. The Labute approximate surface area is 208 Å². The molecule has 0 amide bonds. The van der Waals surface area contributed by atoms with Crippen molar-refractivity contribution in [1.29, 1.82) is 0 Å². The first-order valence-corrected chi connectivity index (χ1v) is 12.1. The number of rotatable bonds is 4. The van der Waals surface area contributed by atoms with E-state index in [9.17, 15) is 0 Å². The lowest BCUT2D eigenvalue weighted by atomic mass is 9.84. The molecule has 6 rings (SSSR count). The van der Waals surface area contributed by atoms with Crippen LogP contribution in [0.5, 0.6) is 0 Å². The quantitative estimate of drug-likeness (QED) is 0.244. The van der Waals surface area contributed by atoms with Gasteiger partial charge >= 0.3 is 0 Å². The van der Waals surface area contributed by atoms with Gasteiger partial charge in [0.2, 0.25) is 0 Å². The van der Waals surface area contributed by atoms with Gasteiger partial charge in [-0.1, -0.05) is 111 Å². The summed E-state index contributed by atoms with van der Waals surface area (Å²) in [6.45, 7) is 3.83. The minimum absolute atomic E-state index is 0.680. The van der Waals surface area contributed by atoms with Crippen molar-refractivity contribution in [3.8, 4) is 33.5 Å². The van der Waals surface area contributed by atoms with Crippen molar-refractivity contribution in [2.24, 2.45) is 0 Å². The molecule has 0 aliphatic rings. The van der Waals surface area contributed by atoms with E-state index >= 15 is 0 Å². The van der Waals surface area contributed by atoms with E-state index in [0.717, 1.165) is 16.8 Å². The van der Waals surface area contributed by atoms with Crippen LogP contribution in [-0.4, -0.2) is 4.98 Å². The van der Waals surface area contributed by atoms with E-state index in [1.54, 1.807) is 0 Å². The SMILES string of the molecule is [2H]C(C)(C)c1ccnc(-c2ccc3c(c2)c(-c2ccccc2)c(-c2ccccc2)c2ccccc23)c1. The van der Waals surface area contributed by atoms with Crippen LogP contribution in [0, 0.1) is 0 Å². The maximum atomic E-state index is 8.50. The largest absolute Gasteiger partial charge is 0.256 e. The van der Waals surface area contributed by atoms with Gasteiger partial charge in [-0.2, -0.15) is 0 Å².